The van der Waals surface area contributed by atoms with E-state index < -0.39 is 4.92 Å². The number of amides is 2. The molecule has 0 spiro atoms. The Labute approximate surface area is 194 Å². The molecule has 1 N–H and O–H groups in total. The number of rotatable bonds is 3. The number of fused-ring (bicyclic) bond motifs is 5. The SMILES string of the molecule is CN1C(=O)C=C[C@]2(C)[C@H]3CC[C@]4(C)C(NC(=O)c5ccc([N+](=O)[O-])cc5)CC[C@H]4[C@@H]3CC[C@@H]12. The highest BCUT2D eigenvalue weighted by molar-refractivity contribution is 5.94. The van der Waals surface area contributed by atoms with Crippen LogP contribution < -0.4 is 5.32 Å². The van der Waals surface area contributed by atoms with E-state index in [1.54, 1.807) is 6.08 Å². The topological polar surface area (TPSA) is 92.6 Å². The summed E-state index contributed by atoms with van der Waals surface area (Å²) >= 11 is 0. The molecule has 5 rings (SSSR count). The van der Waals surface area contributed by atoms with Crippen LogP contribution in [0.2, 0.25) is 0 Å². The van der Waals surface area contributed by atoms with Crippen LogP contribution in [-0.4, -0.2) is 40.8 Å². The molecule has 0 bridgehead atoms. The van der Waals surface area contributed by atoms with Gasteiger partial charge in [0.15, 0.2) is 0 Å². The number of nitrogens with one attached hydrogen (secondary N) is 1. The molecule has 1 unspecified atom stereocenters. The lowest BCUT2D eigenvalue weighted by Gasteiger charge is -2.60. The van der Waals surface area contributed by atoms with Gasteiger partial charge in [-0.05, 0) is 79.9 Å². The summed E-state index contributed by atoms with van der Waals surface area (Å²) in [4.78, 5) is 37.6. The Hall–Kier alpha value is -2.70. The number of carbonyl (C=O) groups is 2. The molecule has 0 saturated heterocycles. The molecule has 3 fully saturated rings. The molecule has 176 valence electrons. The van der Waals surface area contributed by atoms with Crippen LogP contribution in [0.25, 0.3) is 0 Å². The summed E-state index contributed by atoms with van der Waals surface area (Å²) in [5, 5.41) is 14.2. The number of hydrogen-bond donors (Lipinski definition) is 1. The first-order valence-corrected chi connectivity index (χ1v) is 12.2. The van der Waals surface area contributed by atoms with Crippen LogP contribution in [0, 0.1) is 38.7 Å². The molecule has 1 heterocycles. The molecule has 7 atom stereocenters. The standard InChI is InChI=1S/C26H33N3O4/c1-25-14-12-20-18(8-11-22-26(20,2)15-13-23(30)28(22)3)19(25)9-10-21(25)27-24(31)16-4-6-17(7-5-16)29(32)33/h4-7,13,15,18-22H,8-12,14H2,1-3H3,(H,27,31)/t18-,19-,20-,21?,22+,25-,26+/m0/s1. The minimum atomic E-state index is -0.451. The Balaban J connectivity index is 1.33. The summed E-state index contributed by atoms with van der Waals surface area (Å²) in [7, 11) is 1.95. The molecule has 1 aromatic rings. The summed E-state index contributed by atoms with van der Waals surface area (Å²) in [6.07, 6.45) is 10.4. The van der Waals surface area contributed by atoms with E-state index in [4.69, 9.17) is 0 Å². The number of hydrogen-bond acceptors (Lipinski definition) is 4. The van der Waals surface area contributed by atoms with Crippen molar-refractivity contribution in [3.05, 3.63) is 52.1 Å². The largest absolute Gasteiger partial charge is 0.349 e. The number of carbonyl (C=O) groups excluding carboxylic acids is 2. The van der Waals surface area contributed by atoms with E-state index in [0.717, 1.165) is 38.5 Å². The summed E-state index contributed by atoms with van der Waals surface area (Å²) in [6.45, 7) is 4.70. The van der Waals surface area contributed by atoms with Crippen LogP contribution in [0.1, 0.15) is 62.7 Å². The van der Waals surface area contributed by atoms with Crippen molar-refractivity contribution in [3.8, 4) is 0 Å². The van der Waals surface area contributed by atoms with Crippen molar-refractivity contribution in [2.75, 3.05) is 7.05 Å². The molecule has 3 aliphatic carbocycles. The van der Waals surface area contributed by atoms with Gasteiger partial charge in [-0.25, -0.2) is 0 Å². The monoisotopic (exact) mass is 451 g/mol. The minimum Gasteiger partial charge on any atom is -0.349 e. The lowest BCUT2D eigenvalue weighted by atomic mass is 9.48. The van der Waals surface area contributed by atoms with E-state index in [1.165, 1.54) is 24.3 Å². The first kappa shape index (κ1) is 22.1. The first-order valence-electron chi connectivity index (χ1n) is 12.2. The number of likely N-dealkylation sites (N-methyl/N-ethyl adjacent to an activating group) is 1. The van der Waals surface area contributed by atoms with Crippen molar-refractivity contribution in [1.82, 2.24) is 10.2 Å². The molecular weight excluding hydrogens is 418 g/mol. The van der Waals surface area contributed by atoms with Crippen molar-refractivity contribution in [3.63, 3.8) is 0 Å². The van der Waals surface area contributed by atoms with Gasteiger partial charge in [0.1, 0.15) is 0 Å². The summed E-state index contributed by atoms with van der Waals surface area (Å²) in [6, 6.07) is 6.24. The van der Waals surface area contributed by atoms with E-state index in [9.17, 15) is 19.7 Å². The lowest BCUT2D eigenvalue weighted by molar-refractivity contribution is -0.384. The maximum absolute atomic E-state index is 13.0. The Morgan fingerprint density at radius 2 is 1.82 bits per heavy atom. The van der Waals surface area contributed by atoms with Crippen molar-refractivity contribution in [2.45, 2.75) is 64.5 Å². The van der Waals surface area contributed by atoms with Gasteiger partial charge in [-0.1, -0.05) is 19.9 Å². The quantitative estimate of drug-likeness (QED) is 0.547. The molecule has 3 saturated carbocycles. The molecule has 0 radical (unpaired) electrons. The maximum Gasteiger partial charge on any atom is 0.269 e. The van der Waals surface area contributed by atoms with Crippen LogP contribution in [0.5, 0.6) is 0 Å². The third-order valence-corrected chi connectivity index (χ3v) is 9.77. The Kier molecular flexibility index (Phi) is 5.14. The van der Waals surface area contributed by atoms with Gasteiger partial charge >= 0.3 is 0 Å². The molecule has 1 aliphatic heterocycles. The molecule has 7 heteroatoms. The Bertz CT molecular complexity index is 1020. The van der Waals surface area contributed by atoms with E-state index >= 15 is 0 Å². The van der Waals surface area contributed by atoms with Gasteiger partial charge in [-0.15, -0.1) is 0 Å². The van der Waals surface area contributed by atoms with Crippen molar-refractivity contribution in [2.24, 2.45) is 28.6 Å². The number of nitro groups is 1. The zero-order chi connectivity index (χ0) is 23.5. The average molecular weight is 452 g/mol. The molecule has 33 heavy (non-hydrogen) atoms. The molecule has 7 nitrogen and oxygen atoms in total. The minimum absolute atomic E-state index is 0.00836. The fourth-order valence-electron chi connectivity index (χ4n) is 7.95. The van der Waals surface area contributed by atoms with Gasteiger partial charge in [-0.3, -0.25) is 19.7 Å². The molecule has 2 amide bonds. The summed E-state index contributed by atoms with van der Waals surface area (Å²) < 4.78 is 0. The molecule has 0 aromatic heterocycles. The number of benzene rings is 1. The van der Waals surface area contributed by atoms with Crippen LogP contribution in [0.3, 0.4) is 0 Å². The average Bonchev–Trinajstić information content (AvgIpc) is 3.13. The fourth-order valence-corrected chi connectivity index (χ4v) is 7.95. The van der Waals surface area contributed by atoms with E-state index in [1.807, 2.05) is 11.9 Å². The lowest BCUT2D eigenvalue weighted by Crippen LogP contribution is -2.60. The van der Waals surface area contributed by atoms with Gasteiger partial charge in [0.2, 0.25) is 5.91 Å². The highest BCUT2D eigenvalue weighted by Gasteiger charge is 2.60. The second-order valence-corrected chi connectivity index (χ2v) is 11.1. The maximum atomic E-state index is 13.0. The second kappa shape index (κ2) is 7.67. The van der Waals surface area contributed by atoms with Gasteiger partial charge in [0.05, 0.1) is 4.92 Å². The smallest absolute Gasteiger partial charge is 0.269 e. The molecule has 1 aromatic carbocycles. The number of nitrogens with zero attached hydrogens (tertiary/aromatic N) is 2. The zero-order valence-corrected chi connectivity index (χ0v) is 19.6. The summed E-state index contributed by atoms with van der Waals surface area (Å²) in [5.74, 6) is 1.70. The summed E-state index contributed by atoms with van der Waals surface area (Å²) in [5.41, 5.74) is 0.536. The van der Waals surface area contributed by atoms with E-state index in [-0.39, 0.29) is 40.4 Å². The fraction of sp³-hybridized carbons (Fsp3) is 0.615. The van der Waals surface area contributed by atoms with Crippen LogP contribution >= 0.6 is 0 Å². The predicted molar refractivity (Wildman–Crippen MR) is 124 cm³/mol. The van der Waals surface area contributed by atoms with Crippen LogP contribution in [-0.2, 0) is 4.79 Å². The molecule has 4 aliphatic rings. The first-order chi connectivity index (χ1) is 15.6. The third kappa shape index (κ3) is 3.30. The zero-order valence-electron chi connectivity index (χ0n) is 19.6. The number of non-ortho nitro benzene ring substituents is 1. The highest BCUT2D eigenvalue weighted by atomic mass is 16.6. The van der Waals surface area contributed by atoms with Gasteiger partial charge in [0, 0.05) is 42.2 Å². The number of nitro benzene ring substituents is 1. The van der Waals surface area contributed by atoms with Gasteiger partial charge in [0.25, 0.3) is 11.6 Å². The van der Waals surface area contributed by atoms with Gasteiger partial charge < -0.3 is 10.2 Å². The Morgan fingerprint density at radius 3 is 2.52 bits per heavy atom. The van der Waals surface area contributed by atoms with E-state index in [2.05, 4.69) is 25.2 Å². The molecular formula is C26H33N3O4. The van der Waals surface area contributed by atoms with Crippen molar-refractivity contribution in [1.29, 1.82) is 0 Å². The normalized spacial score (nSPS) is 39.4. The predicted octanol–water partition coefficient (Wildman–Crippen LogP) is 4.33. The van der Waals surface area contributed by atoms with Crippen molar-refractivity contribution >= 4 is 17.5 Å². The van der Waals surface area contributed by atoms with Crippen LogP contribution in [0.4, 0.5) is 5.69 Å². The Morgan fingerprint density at radius 1 is 1.09 bits per heavy atom. The third-order valence-electron chi connectivity index (χ3n) is 9.77. The highest BCUT2D eigenvalue weighted by Crippen LogP contribution is 2.63. The van der Waals surface area contributed by atoms with Crippen LogP contribution in [0.15, 0.2) is 36.4 Å². The van der Waals surface area contributed by atoms with Crippen molar-refractivity contribution < 1.29 is 14.5 Å². The van der Waals surface area contributed by atoms with E-state index in [0.29, 0.717) is 23.3 Å². The second-order valence-electron chi connectivity index (χ2n) is 11.1. The van der Waals surface area contributed by atoms with Gasteiger partial charge in [-0.2, -0.15) is 0 Å².